The van der Waals surface area contributed by atoms with Crippen LogP contribution in [0.5, 0.6) is 5.75 Å². The van der Waals surface area contributed by atoms with Crippen molar-refractivity contribution in [3.8, 4) is 38.3 Å². The predicted octanol–water partition coefficient (Wildman–Crippen LogP) is 10.6. The zero-order valence-electron chi connectivity index (χ0n) is 22.7. The lowest BCUT2D eigenvalue weighted by molar-refractivity contribution is 0.290. The fourth-order valence-corrected chi connectivity index (χ4v) is 6.16. The number of aromatic nitrogens is 2. The first-order valence-electron chi connectivity index (χ1n) is 14.1. The van der Waals surface area contributed by atoms with Crippen LogP contribution < -0.4 is 4.74 Å². The van der Waals surface area contributed by atoms with E-state index in [0.717, 1.165) is 51.8 Å². The SMILES string of the molecule is CCCCCCCCc1ccc(-c2csc(-c3nc(-c4ccc(OCCCCCC)c(F)c4)cs3)n2)cc1. The van der Waals surface area contributed by atoms with Gasteiger partial charge in [-0.3, -0.25) is 0 Å². The number of unbranched alkanes of at least 4 members (excludes halogenated alkanes) is 8. The van der Waals surface area contributed by atoms with Gasteiger partial charge in [0.15, 0.2) is 21.6 Å². The Morgan fingerprint density at radius 3 is 1.92 bits per heavy atom. The molecule has 2 heterocycles. The van der Waals surface area contributed by atoms with Crippen LogP contribution in [0.15, 0.2) is 53.2 Å². The maximum atomic E-state index is 14.6. The normalized spacial score (nSPS) is 11.2. The van der Waals surface area contributed by atoms with E-state index in [2.05, 4.69) is 43.5 Å². The van der Waals surface area contributed by atoms with Gasteiger partial charge >= 0.3 is 0 Å². The van der Waals surface area contributed by atoms with Crippen LogP contribution in [-0.4, -0.2) is 16.6 Å². The molecule has 202 valence electrons. The summed E-state index contributed by atoms with van der Waals surface area (Å²) in [5.74, 6) is -0.0349. The largest absolute Gasteiger partial charge is 0.491 e. The monoisotopic (exact) mass is 550 g/mol. The van der Waals surface area contributed by atoms with E-state index < -0.39 is 0 Å². The fourth-order valence-electron chi connectivity index (χ4n) is 4.45. The molecule has 0 spiro atoms. The first-order chi connectivity index (χ1) is 18.7. The van der Waals surface area contributed by atoms with Gasteiger partial charge in [0.1, 0.15) is 0 Å². The molecular weight excluding hydrogens is 511 g/mol. The van der Waals surface area contributed by atoms with Crippen LogP contribution in [0.25, 0.3) is 32.5 Å². The lowest BCUT2D eigenvalue weighted by Gasteiger charge is -2.08. The molecular formula is C32H39FN2OS2. The molecule has 0 amide bonds. The second-order valence-electron chi connectivity index (χ2n) is 9.84. The average molecular weight is 551 g/mol. The Morgan fingerprint density at radius 2 is 1.26 bits per heavy atom. The van der Waals surface area contributed by atoms with Crippen LogP contribution in [0, 0.1) is 5.82 Å². The molecule has 0 saturated carbocycles. The number of rotatable bonds is 16. The molecule has 0 N–H and O–H groups in total. The summed E-state index contributed by atoms with van der Waals surface area (Å²) in [6.45, 7) is 4.98. The molecule has 0 unspecified atom stereocenters. The molecule has 2 aromatic carbocycles. The fraction of sp³-hybridized carbons (Fsp3) is 0.438. The first kappa shape index (κ1) is 28.4. The third kappa shape index (κ3) is 8.21. The van der Waals surface area contributed by atoms with Gasteiger partial charge in [0.2, 0.25) is 0 Å². The van der Waals surface area contributed by atoms with E-state index in [1.165, 1.54) is 74.3 Å². The molecule has 38 heavy (non-hydrogen) atoms. The Morgan fingerprint density at radius 1 is 0.684 bits per heavy atom. The summed E-state index contributed by atoms with van der Waals surface area (Å²) in [5.41, 5.74) is 5.00. The molecule has 4 aromatic rings. The zero-order valence-corrected chi connectivity index (χ0v) is 24.3. The molecule has 0 saturated heterocycles. The maximum Gasteiger partial charge on any atom is 0.165 e. The molecule has 0 atom stereocenters. The lowest BCUT2D eigenvalue weighted by atomic mass is 10.0. The number of ether oxygens (including phenoxy) is 1. The molecule has 0 aliphatic heterocycles. The number of thiazole rings is 2. The molecule has 6 heteroatoms. The van der Waals surface area contributed by atoms with E-state index >= 15 is 0 Å². The third-order valence-electron chi connectivity index (χ3n) is 6.74. The van der Waals surface area contributed by atoms with E-state index in [9.17, 15) is 4.39 Å². The zero-order chi connectivity index (χ0) is 26.6. The number of halogens is 1. The Bertz CT molecular complexity index is 1250. The number of hydrogen-bond acceptors (Lipinski definition) is 5. The van der Waals surface area contributed by atoms with Crippen LogP contribution in [0.4, 0.5) is 4.39 Å². The standard InChI is InChI=1S/C32H39FN2OS2/c1-3-5-7-9-10-11-13-24-14-16-25(17-15-24)28-22-37-31(34-28)32-35-29(23-38-32)26-18-19-30(27(33)21-26)36-20-12-8-6-4-2/h14-19,21-23H,3-13,20H2,1-2H3. The maximum absolute atomic E-state index is 14.6. The Hall–Kier alpha value is -2.57. The molecule has 0 aliphatic rings. The first-order valence-corrected chi connectivity index (χ1v) is 15.9. The van der Waals surface area contributed by atoms with Gasteiger partial charge in [0.25, 0.3) is 0 Å². The Balaban J connectivity index is 1.33. The van der Waals surface area contributed by atoms with Gasteiger partial charge in [-0.2, -0.15) is 0 Å². The topological polar surface area (TPSA) is 35.0 Å². The van der Waals surface area contributed by atoms with Crippen LogP contribution in [0.1, 0.15) is 83.6 Å². The summed E-state index contributed by atoms with van der Waals surface area (Å²) >= 11 is 3.14. The summed E-state index contributed by atoms with van der Waals surface area (Å²) in [6, 6.07) is 13.9. The second kappa shape index (κ2) is 15.1. The van der Waals surface area contributed by atoms with Crippen molar-refractivity contribution in [3.05, 3.63) is 64.6 Å². The van der Waals surface area contributed by atoms with Gasteiger partial charge in [0, 0.05) is 21.9 Å². The van der Waals surface area contributed by atoms with Crippen molar-refractivity contribution in [2.24, 2.45) is 0 Å². The smallest absolute Gasteiger partial charge is 0.165 e. The van der Waals surface area contributed by atoms with E-state index in [0.29, 0.717) is 12.4 Å². The molecule has 0 radical (unpaired) electrons. The van der Waals surface area contributed by atoms with Crippen LogP contribution in [0.2, 0.25) is 0 Å². The summed E-state index contributed by atoms with van der Waals surface area (Å²) in [4.78, 5) is 9.61. The highest BCUT2D eigenvalue weighted by Crippen LogP contribution is 2.34. The van der Waals surface area contributed by atoms with Gasteiger partial charge < -0.3 is 4.74 Å². The van der Waals surface area contributed by atoms with Crippen molar-refractivity contribution < 1.29 is 9.13 Å². The minimum atomic E-state index is -0.344. The van der Waals surface area contributed by atoms with E-state index in [1.54, 1.807) is 17.4 Å². The Kier molecular flexibility index (Phi) is 11.3. The molecule has 3 nitrogen and oxygen atoms in total. The second-order valence-corrected chi connectivity index (χ2v) is 11.6. The number of aryl methyl sites for hydroxylation is 1. The van der Waals surface area contributed by atoms with Gasteiger partial charge in [-0.25, -0.2) is 14.4 Å². The molecule has 4 rings (SSSR count). The minimum absolute atomic E-state index is 0.309. The van der Waals surface area contributed by atoms with Crippen molar-refractivity contribution in [2.75, 3.05) is 6.61 Å². The van der Waals surface area contributed by atoms with E-state index in [1.807, 2.05) is 11.4 Å². The summed E-state index contributed by atoms with van der Waals surface area (Å²) in [6.07, 6.45) is 13.5. The third-order valence-corrected chi connectivity index (χ3v) is 8.57. The average Bonchev–Trinajstić information content (AvgIpc) is 3.62. The van der Waals surface area contributed by atoms with Crippen molar-refractivity contribution in [3.63, 3.8) is 0 Å². The molecule has 2 aromatic heterocycles. The van der Waals surface area contributed by atoms with E-state index in [-0.39, 0.29) is 5.82 Å². The van der Waals surface area contributed by atoms with Crippen LogP contribution in [0.3, 0.4) is 0 Å². The Labute approximate surface area is 235 Å². The highest BCUT2D eigenvalue weighted by Gasteiger charge is 2.13. The highest BCUT2D eigenvalue weighted by atomic mass is 32.1. The van der Waals surface area contributed by atoms with Crippen LogP contribution in [-0.2, 0) is 6.42 Å². The van der Waals surface area contributed by atoms with Gasteiger partial charge in [-0.15, -0.1) is 22.7 Å². The molecule has 0 fully saturated rings. The van der Waals surface area contributed by atoms with Gasteiger partial charge in [-0.05, 0) is 43.0 Å². The van der Waals surface area contributed by atoms with Crippen LogP contribution >= 0.6 is 22.7 Å². The quantitative estimate of drug-likeness (QED) is 0.130. The summed E-state index contributed by atoms with van der Waals surface area (Å²) in [7, 11) is 0. The molecule has 0 bridgehead atoms. The lowest BCUT2D eigenvalue weighted by Crippen LogP contribution is -1.99. The van der Waals surface area contributed by atoms with Crippen molar-refractivity contribution in [1.82, 2.24) is 9.97 Å². The number of benzene rings is 2. The summed E-state index contributed by atoms with van der Waals surface area (Å²) in [5, 5.41) is 5.80. The number of nitrogens with zero attached hydrogens (tertiary/aromatic N) is 2. The van der Waals surface area contributed by atoms with Gasteiger partial charge in [0.05, 0.1) is 18.0 Å². The highest BCUT2D eigenvalue weighted by molar-refractivity contribution is 7.20. The summed E-state index contributed by atoms with van der Waals surface area (Å²) < 4.78 is 20.3. The molecule has 0 aliphatic carbocycles. The van der Waals surface area contributed by atoms with Gasteiger partial charge in [-0.1, -0.05) is 89.5 Å². The van der Waals surface area contributed by atoms with Crippen molar-refractivity contribution in [2.45, 2.75) is 84.5 Å². The van der Waals surface area contributed by atoms with Crippen molar-refractivity contribution in [1.29, 1.82) is 0 Å². The van der Waals surface area contributed by atoms with E-state index in [4.69, 9.17) is 14.7 Å². The number of hydrogen-bond donors (Lipinski definition) is 0. The minimum Gasteiger partial charge on any atom is -0.491 e. The van der Waals surface area contributed by atoms with Crippen molar-refractivity contribution >= 4 is 22.7 Å². The predicted molar refractivity (Wildman–Crippen MR) is 161 cm³/mol.